The highest BCUT2D eigenvalue weighted by atomic mass is 15.2. The molecule has 4 nitrogen and oxygen atoms in total. The number of rotatable bonds is 12. The van der Waals surface area contributed by atoms with Crippen LogP contribution in [0.1, 0.15) is 25.0 Å². The zero-order chi connectivity index (χ0) is 42.4. The summed E-state index contributed by atoms with van der Waals surface area (Å²) in [5.41, 5.74) is 15.7. The standard InChI is InChI=1S/C58H52N4/c1-43-16-14-24-56(40-43)60(47-18-8-5-9-19-47)53-34-28-50(29-35-53)59(51-30-36-54(37-31-51)61(48-20-10-6-11-21-48)57-25-15-17-44(2)41-57)52-32-38-55(39-33-52)62(49-22-12-7-13-23-49)58-27-26-45(3)46(4)42-58/h5-42,45-46H,1-4H3. The van der Waals surface area contributed by atoms with Crippen molar-refractivity contribution in [3.05, 3.63) is 247 Å². The Balaban J connectivity index is 1.13. The Morgan fingerprint density at radius 1 is 0.290 bits per heavy atom. The smallest absolute Gasteiger partial charge is 0.0464 e. The van der Waals surface area contributed by atoms with Gasteiger partial charge < -0.3 is 19.6 Å². The molecule has 1 aliphatic rings. The molecule has 0 saturated carbocycles. The Bertz CT molecular complexity index is 2650. The summed E-state index contributed by atoms with van der Waals surface area (Å²) in [6.45, 7) is 8.88. The van der Waals surface area contributed by atoms with Gasteiger partial charge in [0, 0.05) is 68.3 Å². The van der Waals surface area contributed by atoms with E-state index in [1.54, 1.807) is 0 Å². The summed E-state index contributed by atoms with van der Waals surface area (Å²) in [4.78, 5) is 9.36. The van der Waals surface area contributed by atoms with E-state index >= 15 is 0 Å². The lowest BCUT2D eigenvalue weighted by molar-refractivity contribution is 0.547. The first-order valence-electron chi connectivity index (χ1n) is 21.6. The molecule has 0 spiro atoms. The van der Waals surface area contributed by atoms with Crippen LogP contribution < -0.4 is 19.6 Å². The molecular weight excluding hydrogens is 753 g/mol. The minimum atomic E-state index is 0.439. The van der Waals surface area contributed by atoms with Crippen LogP contribution in [0.25, 0.3) is 0 Å². The van der Waals surface area contributed by atoms with Crippen molar-refractivity contribution in [1.29, 1.82) is 0 Å². The highest BCUT2D eigenvalue weighted by molar-refractivity contribution is 5.84. The van der Waals surface area contributed by atoms with Crippen molar-refractivity contribution >= 4 is 62.6 Å². The average molecular weight is 805 g/mol. The molecule has 0 heterocycles. The summed E-state index contributed by atoms with van der Waals surface area (Å²) >= 11 is 0. The Kier molecular flexibility index (Phi) is 11.6. The molecule has 0 saturated heterocycles. The Morgan fingerprint density at radius 2 is 0.581 bits per heavy atom. The molecule has 0 fully saturated rings. The summed E-state index contributed by atoms with van der Waals surface area (Å²) in [6, 6.07) is 76.1. The van der Waals surface area contributed by atoms with Gasteiger partial charge in [0.2, 0.25) is 0 Å². The largest absolute Gasteiger partial charge is 0.311 e. The third kappa shape index (κ3) is 8.54. The quantitative estimate of drug-likeness (QED) is 0.122. The van der Waals surface area contributed by atoms with Crippen molar-refractivity contribution in [2.75, 3.05) is 19.6 Å². The molecule has 4 heteroatoms. The third-order valence-electron chi connectivity index (χ3n) is 11.8. The Labute approximate surface area is 367 Å². The van der Waals surface area contributed by atoms with Gasteiger partial charge in [-0.15, -0.1) is 0 Å². The van der Waals surface area contributed by atoms with E-state index in [2.05, 4.69) is 278 Å². The van der Waals surface area contributed by atoms with Crippen molar-refractivity contribution in [1.82, 2.24) is 0 Å². The van der Waals surface area contributed by atoms with Gasteiger partial charge >= 0.3 is 0 Å². The number of nitrogens with zero attached hydrogens (tertiary/aromatic N) is 4. The van der Waals surface area contributed by atoms with Crippen LogP contribution in [0.4, 0.5) is 62.6 Å². The van der Waals surface area contributed by atoms with Crippen LogP contribution in [-0.4, -0.2) is 0 Å². The fourth-order valence-corrected chi connectivity index (χ4v) is 8.36. The molecule has 0 aliphatic heterocycles. The van der Waals surface area contributed by atoms with Gasteiger partial charge in [0.05, 0.1) is 0 Å². The van der Waals surface area contributed by atoms with E-state index in [1.165, 1.54) is 16.8 Å². The fraction of sp³-hybridized carbons (Fsp3) is 0.103. The van der Waals surface area contributed by atoms with E-state index in [9.17, 15) is 0 Å². The molecule has 304 valence electrons. The molecule has 62 heavy (non-hydrogen) atoms. The molecular formula is C58H52N4. The van der Waals surface area contributed by atoms with E-state index in [0.717, 1.165) is 62.6 Å². The van der Waals surface area contributed by atoms with Gasteiger partial charge in [-0.2, -0.15) is 0 Å². The van der Waals surface area contributed by atoms with E-state index in [4.69, 9.17) is 0 Å². The maximum absolute atomic E-state index is 2.39. The van der Waals surface area contributed by atoms with Crippen molar-refractivity contribution in [3.8, 4) is 0 Å². The van der Waals surface area contributed by atoms with Crippen LogP contribution in [-0.2, 0) is 0 Å². The van der Waals surface area contributed by atoms with Gasteiger partial charge in [-0.3, -0.25) is 0 Å². The summed E-state index contributed by atoms with van der Waals surface area (Å²) in [7, 11) is 0. The minimum Gasteiger partial charge on any atom is -0.311 e. The average Bonchev–Trinajstić information content (AvgIpc) is 3.31. The lowest BCUT2D eigenvalue weighted by Crippen LogP contribution is -2.20. The number of anilines is 11. The summed E-state index contributed by atoms with van der Waals surface area (Å²) in [5.74, 6) is 0.938. The second kappa shape index (κ2) is 18.0. The lowest BCUT2D eigenvalue weighted by Gasteiger charge is -2.31. The maximum Gasteiger partial charge on any atom is 0.0464 e. The zero-order valence-corrected chi connectivity index (χ0v) is 35.9. The fourth-order valence-electron chi connectivity index (χ4n) is 8.36. The number of aryl methyl sites for hydroxylation is 2. The van der Waals surface area contributed by atoms with Gasteiger partial charge in [0.15, 0.2) is 0 Å². The molecule has 0 amide bonds. The SMILES string of the molecule is Cc1cccc(N(c2ccccc2)c2ccc(N(c3ccc(N(C4=CC(C)C(C)C=C4)c4ccccc4)cc3)c3ccc(N(c4ccccc4)c4cccc(C)c4)cc3)cc2)c1. The molecule has 0 N–H and O–H groups in total. The molecule has 0 bridgehead atoms. The Hall–Kier alpha value is -7.56. The number of benzene rings is 8. The van der Waals surface area contributed by atoms with Crippen molar-refractivity contribution in [2.45, 2.75) is 27.7 Å². The van der Waals surface area contributed by atoms with E-state index in [0.29, 0.717) is 11.8 Å². The number of hydrogen-bond acceptors (Lipinski definition) is 4. The Morgan fingerprint density at radius 3 is 0.919 bits per heavy atom. The molecule has 0 radical (unpaired) electrons. The van der Waals surface area contributed by atoms with E-state index in [1.807, 2.05) is 0 Å². The molecule has 8 aromatic rings. The highest BCUT2D eigenvalue weighted by Crippen LogP contribution is 2.43. The van der Waals surface area contributed by atoms with Gasteiger partial charge in [-0.05, 0) is 176 Å². The minimum absolute atomic E-state index is 0.439. The van der Waals surface area contributed by atoms with Gasteiger partial charge in [0.25, 0.3) is 0 Å². The second-order valence-corrected chi connectivity index (χ2v) is 16.2. The van der Waals surface area contributed by atoms with Crippen LogP contribution in [0.5, 0.6) is 0 Å². The van der Waals surface area contributed by atoms with Crippen LogP contribution in [0.3, 0.4) is 0 Å². The van der Waals surface area contributed by atoms with Gasteiger partial charge in [-0.1, -0.05) is 105 Å². The predicted molar refractivity (Wildman–Crippen MR) is 264 cm³/mol. The van der Waals surface area contributed by atoms with Gasteiger partial charge in [0.1, 0.15) is 0 Å². The second-order valence-electron chi connectivity index (χ2n) is 16.2. The first-order chi connectivity index (χ1) is 30.4. The topological polar surface area (TPSA) is 13.0 Å². The van der Waals surface area contributed by atoms with E-state index in [-0.39, 0.29) is 0 Å². The predicted octanol–water partition coefficient (Wildman–Crippen LogP) is 16.6. The molecule has 2 unspecified atom stereocenters. The molecule has 8 aromatic carbocycles. The maximum atomic E-state index is 2.39. The summed E-state index contributed by atoms with van der Waals surface area (Å²) in [5, 5.41) is 0. The first-order valence-corrected chi connectivity index (χ1v) is 21.6. The third-order valence-corrected chi connectivity index (χ3v) is 11.8. The molecule has 2 atom stereocenters. The number of para-hydroxylation sites is 3. The number of allylic oxidation sites excluding steroid dienone is 3. The molecule has 0 aromatic heterocycles. The summed E-state index contributed by atoms with van der Waals surface area (Å²) in [6.07, 6.45) is 6.99. The van der Waals surface area contributed by atoms with Crippen LogP contribution in [0.15, 0.2) is 236 Å². The zero-order valence-electron chi connectivity index (χ0n) is 35.9. The van der Waals surface area contributed by atoms with Crippen molar-refractivity contribution in [3.63, 3.8) is 0 Å². The van der Waals surface area contributed by atoms with Crippen molar-refractivity contribution in [2.24, 2.45) is 11.8 Å². The molecule has 9 rings (SSSR count). The first kappa shape index (κ1) is 39.9. The van der Waals surface area contributed by atoms with Gasteiger partial charge in [-0.25, -0.2) is 0 Å². The normalized spacial score (nSPS) is 14.5. The summed E-state index contributed by atoms with van der Waals surface area (Å²) < 4.78 is 0. The van der Waals surface area contributed by atoms with E-state index < -0.39 is 0 Å². The van der Waals surface area contributed by atoms with Crippen LogP contribution in [0.2, 0.25) is 0 Å². The van der Waals surface area contributed by atoms with Crippen molar-refractivity contribution < 1.29 is 0 Å². The van der Waals surface area contributed by atoms with Crippen LogP contribution >= 0.6 is 0 Å². The highest BCUT2D eigenvalue weighted by Gasteiger charge is 2.22. The van der Waals surface area contributed by atoms with Crippen LogP contribution in [0, 0.1) is 25.7 Å². The lowest BCUT2D eigenvalue weighted by atomic mass is 9.90. The number of hydrogen-bond donors (Lipinski definition) is 0. The molecule has 1 aliphatic carbocycles. The monoisotopic (exact) mass is 804 g/mol.